The number of nitrogens with zero attached hydrogens (tertiary/aromatic N) is 1. The van der Waals surface area contributed by atoms with Crippen molar-refractivity contribution in [3.8, 4) is 11.1 Å². The molecule has 35 heavy (non-hydrogen) atoms. The van der Waals surface area contributed by atoms with E-state index in [0.717, 1.165) is 22.3 Å². The van der Waals surface area contributed by atoms with Crippen molar-refractivity contribution in [3.63, 3.8) is 0 Å². The average molecular weight is 477 g/mol. The van der Waals surface area contributed by atoms with Crippen LogP contribution in [0.15, 0.2) is 48.5 Å². The molecule has 0 spiro atoms. The van der Waals surface area contributed by atoms with E-state index >= 15 is 0 Å². The quantitative estimate of drug-likeness (QED) is 0.686. The Morgan fingerprint density at radius 3 is 2.26 bits per heavy atom. The maximum Gasteiger partial charge on any atom is 0.407 e. The Morgan fingerprint density at radius 1 is 1.00 bits per heavy atom. The molecule has 4 aliphatic rings. The van der Waals surface area contributed by atoms with Crippen LogP contribution in [-0.4, -0.2) is 64.9 Å². The van der Waals surface area contributed by atoms with Gasteiger partial charge in [0.1, 0.15) is 12.1 Å². The molecule has 8 nitrogen and oxygen atoms in total. The third-order valence-electron chi connectivity index (χ3n) is 8.23. The third-order valence-corrected chi connectivity index (χ3v) is 8.23. The van der Waals surface area contributed by atoms with Gasteiger partial charge in [0.05, 0.1) is 6.04 Å². The molecule has 3 heterocycles. The number of hydrogen-bond donors (Lipinski definition) is 2. The van der Waals surface area contributed by atoms with Crippen molar-refractivity contribution in [2.24, 2.45) is 0 Å². The molecular formula is C27H28N2O6. The molecule has 2 amide bonds. The molecule has 2 aromatic rings. The van der Waals surface area contributed by atoms with Crippen molar-refractivity contribution >= 4 is 18.0 Å². The zero-order valence-corrected chi connectivity index (χ0v) is 19.3. The standard InChI is InChI=1S/C27H28N2O6/c30-24(29-16-9-12-27(29,13-10-16)25(31)32)23-22(11-14-34-23)28-26(33)35-15-21-19-7-3-1-5-17(19)18-6-2-4-8-20(18)21/h1-8,16,21-23H,9-15H2,(H,28,33)(H,31,32)/t16?,22-,23+,27?/m1/s1. The van der Waals surface area contributed by atoms with Gasteiger partial charge in [-0.1, -0.05) is 48.5 Å². The molecule has 182 valence electrons. The highest BCUT2D eigenvalue weighted by Crippen LogP contribution is 2.47. The largest absolute Gasteiger partial charge is 0.479 e. The molecule has 2 atom stereocenters. The normalized spacial score (nSPS) is 28.6. The molecule has 3 saturated heterocycles. The maximum absolute atomic E-state index is 13.4. The van der Waals surface area contributed by atoms with Crippen LogP contribution in [0.3, 0.4) is 0 Å². The van der Waals surface area contributed by atoms with E-state index in [0.29, 0.717) is 38.7 Å². The first-order valence-electron chi connectivity index (χ1n) is 12.3. The number of benzene rings is 2. The summed E-state index contributed by atoms with van der Waals surface area (Å²) in [5.41, 5.74) is 3.42. The summed E-state index contributed by atoms with van der Waals surface area (Å²) in [6.45, 7) is 0.506. The number of hydrogen-bond acceptors (Lipinski definition) is 5. The fraction of sp³-hybridized carbons (Fsp3) is 0.444. The van der Waals surface area contributed by atoms with Crippen LogP contribution in [0.5, 0.6) is 0 Å². The molecule has 8 heteroatoms. The third kappa shape index (κ3) is 3.42. The minimum atomic E-state index is -1.14. The highest BCUT2D eigenvalue weighted by molar-refractivity contribution is 5.92. The van der Waals surface area contributed by atoms with Gasteiger partial charge in [-0.2, -0.15) is 0 Å². The fourth-order valence-electron chi connectivity index (χ4n) is 6.55. The van der Waals surface area contributed by atoms with Crippen LogP contribution in [0.25, 0.3) is 11.1 Å². The van der Waals surface area contributed by atoms with Crippen molar-refractivity contribution < 1.29 is 29.0 Å². The second-order valence-electron chi connectivity index (χ2n) is 9.93. The summed E-state index contributed by atoms with van der Waals surface area (Å²) >= 11 is 0. The van der Waals surface area contributed by atoms with E-state index in [-0.39, 0.29) is 24.5 Å². The number of carbonyl (C=O) groups excluding carboxylic acids is 2. The molecule has 6 rings (SSSR count). The fourth-order valence-corrected chi connectivity index (χ4v) is 6.55. The molecular weight excluding hydrogens is 448 g/mol. The Hall–Kier alpha value is -3.39. The van der Waals surface area contributed by atoms with E-state index in [4.69, 9.17) is 9.47 Å². The van der Waals surface area contributed by atoms with Gasteiger partial charge in [0, 0.05) is 18.6 Å². The maximum atomic E-state index is 13.4. The molecule has 1 aliphatic carbocycles. The number of carbonyl (C=O) groups is 3. The summed E-state index contributed by atoms with van der Waals surface area (Å²) in [6, 6.07) is 15.6. The second-order valence-corrected chi connectivity index (χ2v) is 9.93. The number of nitrogens with one attached hydrogen (secondary N) is 1. The van der Waals surface area contributed by atoms with Gasteiger partial charge in [-0.15, -0.1) is 0 Å². The molecule has 2 aromatic carbocycles. The molecule has 0 unspecified atom stereocenters. The van der Waals surface area contributed by atoms with Crippen LogP contribution in [0.1, 0.15) is 49.1 Å². The Kier molecular flexibility index (Phi) is 5.29. The number of amides is 2. The summed E-state index contributed by atoms with van der Waals surface area (Å²) in [7, 11) is 0. The minimum Gasteiger partial charge on any atom is -0.479 e. The minimum absolute atomic E-state index is 0.0546. The number of carboxylic acid groups (broad SMARTS) is 1. The topological polar surface area (TPSA) is 105 Å². The van der Waals surface area contributed by atoms with Gasteiger partial charge in [0.25, 0.3) is 5.91 Å². The van der Waals surface area contributed by atoms with Crippen molar-refractivity contribution in [1.82, 2.24) is 10.2 Å². The molecule has 0 aromatic heterocycles. The summed E-state index contributed by atoms with van der Waals surface area (Å²) in [4.78, 5) is 39.7. The lowest BCUT2D eigenvalue weighted by Crippen LogP contribution is -2.57. The van der Waals surface area contributed by atoms with Crippen LogP contribution in [0.2, 0.25) is 0 Å². The van der Waals surface area contributed by atoms with Crippen LogP contribution in [-0.2, 0) is 19.1 Å². The average Bonchev–Trinajstić information content (AvgIpc) is 3.64. The SMILES string of the molecule is O=C(N[C@@H]1CCO[C@@H]1C(=O)N1C2CCC1(C(=O)O)CC2)OCC1c2ccccc2-c2ccccc21. The number of aliphatic carboxylic acids is 1. The lowest BCUT2D eigenvalue weighted by Gasteiger charge is -2.33. The number of ether oxygens (including phenoxy) is 2. The molecule has 2 N–H and O–H groups in total. The smallest absolute Gasteiger partial charge is 0.407 e. The van der Waals surface area contributed by atoms with Gasteiger partial charge < -0.3 is 24.8 Å². The van der Waals surface area contributed by atoms with E-state index in [9.17, 15) is 19.5 Å². The lowest BCUT2D eigenvalue weighted by molar-refractivity contribution is -0.159. The zero-order chi connectivity index (χ0) is 24.2. The molecule has 2 bridgehead atoms. The summed E-state index contributed by atoms with van der Waals surface area (Å²) in [5.74, 6) is -1.35. The first kappa shape index (κ1) is 22.1. The first-order valence-corrected chi connectivity index (χ1v) is 12.3. The highest BCUT2D eigenvalue weighted by Gasteiger charge is 2.60. The Bertz CT molecular complexity index is 1140. The number of rotatable bonds is 5. The summed E-state index contributed by atoms with van der Waals surface area (Å²) in [5, 5.41) is 12.7. The van der Waals surface area contributed by atoms with Gasteiger partial charge >= 0.3 is 12.1 Å². The first-order chi connectivity index (χ1) is 17.0. The van der Waals surface area contributed by atoms with Crippen molar-refractivity contribution in [2.75, 3.05) is 13.2 Å². The predicted octanol–water partition coefficient (Wildman–Crippen LogP) is 3.29. The second kappa shape index (κ2) is 8.37. The van der Waals surface area contributed by atoms with Crippen LogP contribution >= 0.6 is 0 Å². The summed E-state index contributed by atoms with van der Waals surface area (Å²) < 4.78 is 11.3. The van der Waals surface area contributed by atoms with Crippen molar-refractivity contribution in [2.45, 2.75) is 61.7 Å². The Labute approximate surface area is 203 Å². The van der Waals surface area contributed by atoms with E-state index in [1.165, 1.54) is 4.90 Å². The van der Waals surface area contributed by atoms with Gasteiger partial charge in [-0.25, -0.2) is 9.59 Å². The number of fused-ring (bicyclic) bond motifs is 5. The molecule has 0 radical (unpaired) electrons. The number of carboxylic acids is 1. The van der Waals surface area contributed by atoms with E-state index < -0.39 is 29.7 Å². The van der Waals surface area contributed by atoms with Crippen LogP contribution < -0.4 is 5.32 Å². The lowest BCUT2D eigenvalue weighted by atomic mass is 9.88. The van der Waals surface area contributed by atoms with Crippen LogP contribution in [0, 0.1) is 0 Å². The van der Waals surface area contributed by atoms with E-state index in [1.54, 1.807) is 0 Å². The Balaban J connectivity index is 1.13. The van der Waals surface area contributed by atoms with Gasteiger partial charge in [-0.3, -0.25) is 4.79 Å². The van der Waals surface area contributed by atoms with Gasteiger partial charge in [0.2, 0.25) is 0 Å². The monoisotopic (exact) mass is 476 g/mol. The van der Waals surface area contributed by atoms with E-state index in [2.05, 4.69) is 29.6 Å². The van der Waals surface area contributed by atoms with Gasteiger partial charge in [0.15, 0.2) is 6.10 Å². The number of alkyl carbamates (subject to hydrolysis) is 1. The molecule has 3 aliphatic heterocycles. The Morgan fingerprint density at radius 2 is 1.63 bits per heavy atom. The predicted molar refractivity (Wildman–Crippen MR) is 126 cm³/mol. The van der Waals surface area contributed by atoms with E-state index in [1.807, 2.05) is 24.3 Å². The molecule has 0 saturated carbocycles. The summed E-state index contributed by atoms with van der Waals surface area (Å²) in [6.07, 6.45) is 1.29. The van der Waals surface area contributed by atoms with Crippen molar-refractivity contribution in [3.05, 3.63) is 59.7 Å². The highest BCUT2D eigenvalue weighted by atomic mass is 16.6. The van der Waals surface area contributed by atoms with Crippen molar-refractivity contribution in [1.29, 1.82) is 0 Å². The van der Waals surface area contributed by atoms with Gasteiger partial charge in [-0.05, 0) is 54.4 Å². The zero-order valence-electron chi connectivity index (χ0n) is 19.3. The molecule has 3 fully saturated rings. The van der Waals surface area contributed by atoms with Crippen LogP contribution in [0.4, 0.5) is 4.79 Å².